The molecule has 2 aliphatic rings. The minimum atomic E-state index is -0.228. The number of anilines is 1. The summed E-state index contributed by atoms with van der Waals surface area (Å²) in [6, 6.07) is 11.6. The largest absolute Gasteiger partial charge is 0.493 e. The Morgan fingerprint density at radius 2 is 1.62 bits per heavy atom. The molecule has 0 radical (unpaired) electrons. The first-order valence-electron chi connectivity index (χ1n) is 13.1. The van der Waals surface area contributed by atoms with Crippen molar-refractivity contribution in [3.63, 3.8) is 0 Å². The van der Waals surface area contributed by atoms with Crippen LogP contribution >= 0.6 is 0 Å². The third kappa shape index (κ3) is 5.76. The highest BCUT2D eigenvalue weighted by atomic mass is 16.5. The van der Waals surface area contributed by atoms with Crippen LogP contribution < -0.4 is 19.5 Å². The maximum absolute atomic E-state index is 13.0. The van der Waals surface area contributed by atoms with E-state index in [2.05, 4.69) is 29.3 Å². The number of benzene rings is 2. The molecule has 1 saturated carbocycles. The molecule has 7 heteroatoms. The van der Waals surface area contributed by atoms with Crippen molar-refractivity contribution < 1.29 is 23.8 Å². The zero-order chi connectivity index (χ0) is 26.4. The number of likely N-dealkylation sites (tertiary alicyclic amines) is 1. The molecule has 37 heavy (non-hydrogen) atoms. The molecule has 7 nitrogen and oxygen atoms in total. The number of methoxy groups -OCH3 is 3. The van der Waals surface area contributed by atoms with Crippen LogP contribution in [0.4, 0.5) is 5.69 Å². The van der Waals surface area contributed by atoms with Gasteiger partial charge in [0, 0.05) is 30.3 Å². The van der Waals surface area contributed by atoms with Gasteiger partial charge in [-0.15, -0.1) is 0 Å². The predicted octanol–water partition coefficient (Wildman–Crippen LogP) is 5.65. The van der Waals surface area contributed by atoms with E-state index in [-0.39, 0.29) is 11.3 Å². The number of nitrogens with zero attached hydrogens (tertiary/aromatic N) is 1. The summed E-state index contributed by atoms with van der Waals surface area (Å²) >= 11 is 0. The molecule has 0 aromatic heterocycles. The van der Waals surface area contributed by atoms with Gasteiger partial charge in [0.2, 0.25) is 17.6 Å². The Hall–Kier alpha value is -3.48. The molecule has 2 aromatic rings. The fraction of sp³-hybridized carbons (Fsp3) is 0.467. The van der Waals surface area contributed by atoms with Crippen LogP contribution in [0.1, 0.15) is 62.5 Å². The molecule has 1 aliphatic heterocycles. The quantitative estimate of drug-likeness (QED) is 0.445. The summed E-state index contributed by atoms with van der Waals surface area (Å²) < 4.78 is 16.1. The molecule has 4 rings (SSSR count). The SMILES string of the molecule is CCC1(C(=O)N2CCC(c3ccc(NC(=O)/C=C/c4cc(OC)c(OC)c(OC)c4)cc3)CC2)CCC1. The number of hydrogen-bond donors (Lipinski definition) is 1. The average Bonchev–Trinajstić information content (AvgIpc) is 2.91. The van der Waals surface area contributed by atoms with Gasteiger partial charge in [0.05, 0.1) is 21.3 Å². The van der Waals surface area contributed by atoms with E-state index in [0.29, 0.717) is 29.1 Å². The van der Waals surface area contributed by atoms with Crippen molar-refractivity contribution in [1.82, 2.24) is 4.90 Å². The van der Waals surface area contributed by atoms with Crippen LogP contribution in [0.25, 0.3) is 6.08 Å². The monoisotopic (exact) mass is 506 g/mol. The fourth-order valence-electron chi connectivity index (χ4n) is 5.47. The number of hydrogen-bond acceptors (Lipinski definition) is 5. The van der Waals surface area contributed by atoms with Crippen molar-refractivity contribution in [3.05, 3.63) is 53.6 Å². The summed E-state index contributed by atoms with van der Waals surface area (Å²) in [5.41, 5.74) is 2.68. The maximum Gasteiger partial charge on any atom is 0.248 e. The van der Waals surface area contributed by atoms with Crippen molar-refractivity contribution >= 4 is 23.6 Å². The second-order valence-electron chi connectivity index (χ2n) is 9.96. The summed E-state index contributed by atoms with van der Waals surface area (Å²) in [6.45, 7) is 3.80. The van der Waals surface area contributed by atoms with Crippen LogP contribution in [0.15, 0.2) is 42.5 Å². The van der Waals surface area contributed by atoms with Gasteiger partial charge in [0.25, 0.3) is 0 Å². The van der Waals surface area contributed by atoms with E-state index in [4.69, 9.17) is 14.2 Å². The second kappa shape index (κ2) is 11.7. The third-order valence-corrected chi connectivity index (χ3v) is 7.99. The standard InChI is InChI=1S/C30H38N2O5/c1-5-30(15-6-16-30)29(34)32-17-13-23(14-18-32)22-8-10-24(11-9-22)31-27(33)12-7-21-19-25(35-2)28(37-4)26(20-21)36-3/h7-12,19-20,23H,5-6,13-18H2,1-4H3,(H,31,33)/b12-7+. The molecule has 198 valence electrons. The van der Waals surface area contributed by atoms with Gasteiger partial charge in [0.15, 0.2) is 11.5 Å². The van der Waals surface area contributed by atoms with Crippen molar-refractivity contribution in [2.24, 2.45) is 5.41 Å². The molecular formula is C30H38N2O5. The van der Waals surface area contributed by atoms with Gasteiger partial charge >= 0.3 is 0 Å². The molecule has 2 fully saturated rings. The molecule has 0 atom stereocenters. The van der Waals surface area contributed by atoms with E-state index in [9.17, 15) is 9.59 Å². The fourth-order valence-corrected chi connectivity index (χ4v) is 5.47. The number of rotatable bonds is 9. The van der Waals surface area contributed by atoms with Crippen molar-refractivity contribution in [2.45, 2.75) is 51.4 Å². The Morgan fingerprint density at radius 1 is 1.00 bits per heavy atom. The van der Waals surface area contributed by atoms with Gasteiger partial charge in [-0.05, 0) is 79.5 Å². The number of piperidine rings is 1. The Morgan fingerprint density at radius 3 is 2.11 bits per heavy atom. The van der Waals surface area contributed by atoms with Crippen LogP contribution in [0, 0.1) is 5.41 Å². The predicted molar refractivity (Wildman–Crippen MR) is 145 cm³/mol. The minimum absolute atomic E-state index is 0.0767. The van der Waals surface area contributed by atoms with Crippen molar-refractivity contribution in [1.29, 1.82) is 0 Å². The minimum Gasteiger partial charge on any atom is -0.493 e. The smallest absolute Gasteiger partial charge is 0.248 e. The van der Waals surface area contributed by atoms with E-state index in [1.165, 1.54) is 18.1 Å². The summed E-state index contributed by atoms with van der Waals surface area (Å²) in [4.78, 5) is 27.6. The summed E-state index contributed by atoms with van der Waals surface area (Å²) in [6.07, 6.45) is 9.38. The highest BCUT2D eigenvalue weighted by Gasteiger charge is 2.45. The lowest BCUT2D eigenvalue weighted by Gasteiger charge is -2.45. The van der Waals surface area contributed by atoms with Crippen LogP contribution in [-0.4, -0.2) is 51.1 Å². The maximum atomic E-state index is 13.0. The number of carbonyl (C=O) groups excluding carboxylic acids is 2. The summed E-state index contributed by atoms with van der Waals surface area (Å²) in [7, 11) is 4.66. The average molecular weight is 507 g/mol. The first-order valence-corrected chi connectivity index (χ1v) is 13.1. The van der Waals surface area contributed by atoms with E-state index in [1.54, 1.807) is 39.5 Å². The zero-order valence-electron chi connectivity index (χ0n) is 22.3. The van der Waals surface area contributed by atoms with Crippen LogP contribution in [0.5, 0.6) is 17.2 Å². The second-order valence-corrected chi connectivity index (χ2v) is 9.96. The van der Waals surface area contributed by atoms with Gasteiger partial charge in [-0.3, -0.25) is 9.59 Å². The lowest BCUT2D eigenvalue weighted by Crippen LogP contribution is -2.49. The van der Waals surface area contributed by atoms with Crippen LogP contribution in [0.3, 0.4) is 0 Å². The number of amides is 2. The molecule has 1 aliphatic carbocycles. The Balaban J connectivity index is 1.31. The molecule has 0 unspecified atom stereocenters. The highest BCUT2D eigenvalue weighted by Crippen LogP contribution is 2.46. The molecule has 1 saturated heterocycles. The third-order valence-electron chi connectivity index (χ3n) is 7.99. The highest BCUT2D eigenvalue weighted by molar-refractivity contribution is 6.02. The molecular weight excluding hydrogens is 468 g/mol. The number of ether oxygens (including phenoxy) is 3. The normalized spacial score (nSPS) is 17.2. The zero-order valence-corrected chi connectivity index (χ0v) is 22.3. The van der Waals surface area contributed by atoms with Gasteiger partial charge in [0.1, 0.15) is 0 Å². The lowest BCUT2D eigenvalue weighted by molar-refractivity contribution is -0.149. The molecule has 1 N–H and O–H groups in total. The lowest BCUT2D eigenvalue weighted by atomic mass is 9.66. The Kier molecular flexibility index (Phi) is 8.41. The van der Waals surface area contributed by atoms with Gasteiger partial charge in [-0.25, -0.2) is 0 Å². The van der Waals surface area contributed by atoms with Crippen molar-refractivity contribution in [2.75, 3.05) is 39.7 Å². The van der Waals surface area contributed by atoms with Crippen LogP contribution in [0.2, 0.25) is 0 Å². The van der Waals surface area contributed by atoms with E-state index in [0.717, 1.165) is 56.4 Å². The number of carbonyl (C=O) groups is 2. The van der Waals surface area contributed by atoms with Crippen LogP contribution in [-0.2, 0) is 9.59 Å². The summed E-state index contributed by atoms with van der Waals surface area (Å²) in [5.74, 6) is 2.15. The van der Waals surface area contributed by atoms with E-state index < -0.39 is 0 Å². The van der Waals surface area contributed by atoms with E-state index >= 15 is 0 Å². The summed E-state index contributed by atoms with van der Waals surface area (Å²) in [5, 5.41) is 2.91. The topological polar surface area (TPSA) is 77.1 Å². The molecule has 1 heterocycles. The van der Waals surface area contributed by atoms with Crippen molar-refractivity contribution in [3.8, 4) is 17.2 Å². The first-order chi connectivity index (χ1) is 17.9. The molecule has 2 aromatic carbocycles. The Bertz CT molecular complexity index is 1100. The van der Waals surface area contributed by atoms with Gasteiger partial charge in [-0.1, -0.05) is 25.5 Å². The Labute approximate surface area is 219 Å². The number of nitrogens with one attached hydrogen (secondary N) is 1. The van der Waals surface area contributed by atoms with E-state index in [1.807, 2.05) is 12.1 Å². The first kappa shape index (κ1) is 26.6. The molecule has 0 bridgehead atoms. The van der Waals surface area contributed by atoms with Gasteiger partial charge in [-0.2, -0.15) is 0 Å². The van der Waals surface area contributed by atoms with Gasteiger partial charge < -0.3 is 24.4 Å². The molecule has 0 spiro atoms. The molecule has 2 amide bonds.